The third kappa shape index (κ3) is 3.08. The summed E-state index contributed by atoms with van der Waals surface area (Å²) < 4.78 is 18.6. The number of rotatable bonds is 4. The number of hydrogen-bond donors (Lipinski definition) is 1. The van der Waals surface area contributed by atoms with Gasteiger partial charge in [-0.3, -0.25) is 4.90 Å². The van der Waals surface area contributed by atoms with Gasteiger partial charge in [0.05, 0.1) is 5.02 Å². The smallest absolute Gasteiger partial charge is 0.138 e. The molecule has 1 N–H and O–H groups in total. The van der Waals surface area contributed by atoms with Crippen LogP contribution in [0.2, 0.25) is 5.02 Å². The number of benzene rings is 1. The first-order chi connectivity index (χ1) is 9.67. The van der Waals surface area contributed by atoms with Gasteiger partial charge in [-0.15, -0.1) is 0 Å². The third-order valence-electron chi connectivity index (χ3n) is 4.41. The number of likely N-dealkylation sites (tertiary alicyclic amines) is 1. The number of halogens is 2. The predicted molar refractivity (Wildman–Crippen MR) is 77.9 cm³/mol. The Morgan fingerprint density at radius 1 is 1.40 bits per heavy atom. The van der Waals surface area contributed by atoms with E-state index in [1.54, 1.807) is 6.07 Å². The molecule has 0 radical (unpaired) electrons. The van der Waals surface area contributed by atoms with Crippen LogP contribution >= 0.6 is 11.6 Å². The maximum atomic E-state index is 12.9. The monoisotopic (exact) mass is 298 g/mol. The highest BCUT2D eigenvalue weighted by Crippen LogP contribution is 2.35. The minimum atomic E-state index is -0.336. The van der Waals surface area contributed by atoms with Gasteiger partial charge >= 0.3 is 0 Å². The van der Waals surface area contributed by atoms with Crippen molar-refractivity contribution >= 4 is 11.6 Å². The number of ether oxygens (including phenoxy) is 1. The summed E-state index contributed by atoms with van der Waals surface area (Å²) in [6.45, 7) is 6.08. The van der Waals surface area contributed by atoms with E-state index in [2.05, 4.69) is 10.2 Å². The Morgan fingerprint density at radius 3 is 3.05 bits per heavy atom. The second-order valence-corrected chi connectivity index (χ2v) is 6.28. The SMILES string of the molecule is Fc1ccc(OCCN2CCC3(CCNC3)C2)c(Cl)c1. The van der Waals surface area contributed by atoms with Crippen LogP contribution in [0.25, 0.3) is 0 Å². The van der Waals surface area contributed by atoms with Crippen molar-refractivity contribution in [2.45, 2.75) is 12.8 Å². The van der Waals surface area contributed by atoms with Crippen molar-refractivity contribution in [1.82, 2.24) is 10.2 Å². The molecular formula is C15H20ClFN2O. The van der Waals surface area contributed by atoms with E-state index >= 15 is 0 Å². The molecule has 20 heavy (non-hydrogen) atoms. The molecule has 2 fully saturated rings. The lowest BCUT2D eigenvalue weighted by Crippen LogP contribution is -2.31. The molecule has 1 aromatic rings. The van der Waals surface area contributed by atoms with Crippen molar-refractivity contribution in [3.63, 3.8) is 0 Å². The number of nitrogens with one attached hydrogen (secondary N) is 1. The van der Waals surface area contributed by atoms with E-state index in [4.69, 9.17) is 16.3 Å². The van der Waals surface area contributed by atoms with Crippen molar-refractivity contribution in [3.05, 3.63) is 29.0 Å². The summed E-state index contributed by atoms with van der Waals surface area (Å²) >= 11 is 5.94. The highest BCUT2D eigenvalue weighted by atomic mass is 35.5. The van der Waals surface area contributed by atoms with Crippen LogP contribution in [0.15, 0.2) is 18.2 Å². The van der Waals surface area contributed by atoms with Gasteiger partial charge in [0.25, 0.3) is 0 Å². The molecule has 3 nitrogen and oxygen atoms in total. The van der Waals surface area contributed by atoms with Crippen LogP contribution in [0.4, 0.5) is 4.39 Å². The molecule has 2 heterocycles. The molecular weight excluding hydrogens is 279 g/mol. The standard InChI is InChI=1S/C15H20ClFN2O/c16-13-9-12(17)1-2-14(13)20-8-7-19-6-4-15(11-19)3-5-18-10-15/h1-2,9,18H,3-8,10-11H2. The average molecular weight is 299 g/mol. The Kier molecular flexibility index (Phi) is 4.15. The maximum Gasteiger partial charge on any atom is 0.138 e. The molecule has 110 valence electrons. The summed E-state index contributed by atoms with van der Waals surface area (Å²) in [5.41, 5.74) is 0.494. The van der Waals surface area contributed by atoms with Crippen LogP contribution in [-0.2, 0) is 0 Å². The van der Waals surface area contributed by atoms with E-state index in [0.29, 0.717) is 22.8 Å². The zero-order chi connectivity index (χ0) is 14.0. The molecule has 0 amide bonds. The minimum absolute atomic E-state index is 0.336. The van der Waals surface area contributed by atoms with Gasteiger partial charge in [0.15, 0.2) is 0 Å². The van der Waals surface area contributed by atoms with Crippen molar-refractivity contribution in [2.75, 3.05) is 39.3 Å². The van der Waals surface area contributed by atoms with Crippen molar-refractivity contribution in [2.24, 2.45) is 5.41 Å². The minimum Gasteiger partial charge on any atom is -0.491 e. The fourth-order valence-electron chi connectivity index (χ4n) is 3.24. The van der Waals surface area contributed by atoms with Gasteiger partial charge < -0.3 is 10.1 Å². The van der Waals surface area contributed by atoms with E-state index in [1.807, 2.05) is 0 Å². The van der Waals surface area contributed by atoms with Gasteiger partial charge in [-0.25, -0.2) is 4.39 Å². The first-order valence-electron chi connectivity index (χ1n) is 7.18. The van der Waals surface area contributed by atoms with E-state index in [9.17, 15) is 4.39 Å². The van der Waals surface area contributed by atoms with Crippen LogP contribution in [0.5, 0.6) is 5.75 Å². The Hall–Kier alpha value is -0.840. The molecule has 0 aliphatic carbocycles. The second kappa shape index (κ2) is 5.88. The van der Waals surface area contributed by atoms with E-state index in [0.717, 1.165) is 32.7 Å². The van der Waals surface area contributed by atoms with Gasteiger partial charge in [-0.2, -0.15) is 0 Å². The number of nitrogens with zero attached hydrogens (tertiary/aromatic N) is 1. The molecule has 1 aromatic carbocycles. The first-order valence-corrected chi connectivity index (χ1v) is 7.56. The summed E-state index contributed by atoms with van der Waals surface area (Å²) in [7, 11) is 0. The van der Waals surface area contributed by atoms with Crippen LogP contribution in [0, 0.1) is 11.2 Å². The number of hydrogen-bond acceptors (Lipinski definition) is 3. The topological polar surface area (TPSA) is 24.5 Å². The molecule has 0 saturated carbocycles. The molecule has 1 unspecified atom stereocenters. The fraction of sp³-hybridized carbons (Fsp3) is 0.600. The largest absolute Gasteiger partial charge is 0.491 e. The van der Waals surface area contributed by atoms with Gasteiger partial charge in [0.1, 0.15) is 18.2 Å². The van der Waals surface area contributed by atoms with Crippen molar-refractivity contribution in [1.29, 1.82) is 0 Å². The average Bonchev–Trinajstić information content (AvgIpc) is 3.03. The zero-order valence-electron chi connectivity index (χ0n) is 11.5. The van der Waals surface area contributed by atoms with Crippen molar-refractivity contribution < 1.29 is 9.13 Å². The summed E-state index contributed by atoms with van der Waals surface area (Å²) in [4.78, 5) is 2.45. The second-order valence-electron chi connectivity index (χ2n) is 5.88. The highest BCUT2D eigenvalue weighted by Gasteiger charge is 2.39. The van der Waals surface area contributed by atoms with Gasteiger partial charge in [0, 0.05) is 19.6 Å². The summed E-state index contributed by atoms with van der Waals surface area (Å²) in [6, 6.07) is 4.24. The molecule has 5 heteroatoms. The maximum absolute atomic E-state index is 12.9. The Balaban J connectivity index is 1.46. The quantitative estimate of drug-likeness (QED) is 0.924. The van der Waals surface area contributed by atoms with Gasteiger partial charge in [-0.1, -0.05) is 11.6 Å². The van der Waals surface area contributed by atoms with Gasteiger partial charge in [0.2, 0.25) is 0 Å². The van der Waals surface area contributed by atoms with E-state index in [1.165, 1.54) is 25.0 Å². The van der Waals surface area contributed by atoms with Crippen LogP contribution in [0.3, 0.4) is 0 Å². The van der Waals surface area contributed by atoms with E-state index < -0.39 is 0 Å². The molecule has 2 aliphatic heterocycles. The van der Waals surface area contributed by atoms with Crippen LogP contribution < -0.4 is 10.1 Å². The first kappa shape index (κ1) is 14.1. The lowest BCUT2D eigenvalue weighted by molar-refractivity contribution is 0.217. The van der Waals surface area contributed by atoms with E-state index in [-0.39, 0.29) is 5.82 Å². The lowest BCUT2D eigenvalue weighted by Gasteiger charge is -2.22. The normalized spacial score (nSPS) is 26.5. The van der Waals surface area contributed by atoms with Crippen LogP contribution in [-0.4, -0.2) is 44.2 Å². The Labute approximate surface area is 124 Å². The predicted octanol–water partition coefficient (Wildman–Crippen LogP) is 2.54. The highest BCUT2D eigenvalue weighted by molar-refractivity contribution is 6.32. The summed E-state index contributed by atoms with van der Waals surface area (Å²) in [6.07, 6.45) is 2.56. The third-order valence-corrected chi connectivity index (χ3v) is 4.70. The Morgan fingerprint density at radius 2 is 2.30 bits per heavy atom. The molecule has 2 aliphatic rings. The zero-order valence-corrected chi connectivity index (χ0v) is 12.3. The summed E-state index contributed by atoms with van der Waals surface area (Å²) in [5.74, 6) is 0.224. The lowest BCUT2D eigenvalue weighted by atomic mass is 9.87. The fourth-order valence-corrected chi connectivity index (χ4v) is 3.46. The van der Waals surface area contributed by atoms with Crippen molar-refractivity contribution in [3.8, 4) is 5.75 Å². The van der Waals surface area contributed by atoms with Crippen LogP contribution in [0.1, 0.15) is 12.8 Å². The Bertz CT molecular complexity index is 477. The summed E-state index contributed by atoms with van der Waals surface area (Å²) in [5, 5.41) is 3.80. The van der Waals surface area contributed by atoms with Gasteiger partial charge in [-0.05, 0) is 49.5 Å². The molecule has 0 aromatic heterocycles. The molecule has 1 atom stereocenters. The molecule has 1 spiro atoms. The molecule has 0 bridgehead atoms. The molecule has 2 saturated heterocycles. The molecule has 3 rings (SSSR count).